The lowest BCUT2D eigenvalue weighted by Crippen LogP contribution is -2.45. The van der Waals surface area contributed by atoms with Crippen molar-refractivity contribution in [2.45, 2.75) is 45.3 Å². The van der Waals surface area contributed by atoms with Crippen molar-refractivity contribution in [1.29, 1.82) is 0 Å². The van der Waals surface area contributed by atoms with Crippen LogP contribution in [0.15, 0.2) is 73.2 Å². The summed E-state index contributed by atoms with van der Waals surface area (Å²) in [4.78, 5) is 46.9. The van der Waals surface area contributed by atoms with Crippen LogP contribution in [0.1, 0.15) is 44.0 Å². The molecule has 5 rings (SSSR count). The van der Waals surface area contributed by atoms with Crippen LogP contribution in [0.3, 0.4) is 0 Å². The molecule has 0 spiro atoms. The monoisotopic (exact) mass is 632 g/mol. The maximum absolute atomic E-state index is 13.7. The van der Waals surface area contributed by atoms with Crippen LogP contribution < -0.4 is 19.8 Å². The van der Waals surface area contributed by atoms with Crippen molar-refractivity contribution in [3.8, 4) is 0 Å². The molecule has 0 saturated carbocycles. The Labute approximate surface area is 262 Å². The average Bonchev–Trinajstić information content (AvgIpc) is 3.40. The molecule has 45 heavy (non-hydrogen) atoms. The molecular weight excluding hydrogens is 596 g/mol. The van der Waals surface area contributed by atoms with E-state index in [2.05, 4.69) is 19.9 Å². The molecule has 1 saturated heterocycles. The van der Waals surface area contributed by atoms with E-state index in [-0.39, 0.29) is 23.0 Å². The second-order valence-corrected chi connectivity index (χ2v) is 13.7. The summed E-state index contributed by atoms with van der Waals surface area (Å²) in [5, 5.41) is 3.65. The van der Waals surface area contributed by atoms with E-state index in [1.807, 2.05) is 12.1 Å². The number of carbonyl (C=O) groups is 3. The number of sulfonamides is 1. The summed E-state index contributed by atoms with van der Waals surface area (Å²) in [6.07, 6.45) is 7.50. The van der Waals surface area contributed by atoms with Crippen molar-refractivity contribution in [3.05, 3.63) is 78.8 Å². The number of rotatable bonds is 8. The smallest absolute Gasteiger partial charge is 0.418 e. The SMILES string of the molecule is CC(C)(C)OC(=O)n1ccc2ccc(NC(=O)c3ccc(NS(C)(=O)=O)cc3N(C=O)C3CCN(c4ccncc4)CC3)cc21. The van der Waals surface area contributed by atoms with Gasteiger partial charge >= 0.3 is 6.09 Å². The Morgan fingerprint density at radius 3 is 2.33 bits per heavy atom. The van der Waals surface area contributed by atoms with E-state index in [4.69, 9.17) is 4.74 Å². The van der Waals surface area contributed by atoms with Crippen molar-refractivity contribution in [1.82, 2.24) is 9.55 Å². The van der Waals surface area contributed by atoms with Crippen molar-refractivity contribution < 1.29 is 27.5 Å². The molecule has 1 aliphatic rings. The molecule has 0 aliphatic carbocycles. The number of pyridine rings is 1. The highest BCUT2D eigenvalue weighted by Crippen LogP contribution is 2.31. The van der Waals surface area contributed by atoms with Gasteiger partial charge in [0.25, 0.3) is 5.91 Å². The van der Waals surface area contributed by atoms with Gasteiger partial charge in [-0.25, -0.2) is 13.2 Å². The first-order chi connectivity index (χ1) is 21.3. The molecule has 0 bridgehead atoms. The molecule has 1 fully saturated rings. The Morgan fingerprint density at radius 2 is 1.69 bits per heavy atom. The molecule has 0 atom stereocenters. The Hall–Kier alpha value is -4.91. The molecule has 2 aromatic heterocycles. The summed E-state index contributed by atoms with van der Waals surface area (Å²) in [5.74, 6) is -0.508. The third-order valence-corrected chi connectivity index (χ3v) is 7.97. The maximum Gasteiger partial charge on any atom is 0.418 e. The van der Waals surface area contributed by atoms with Crippen LogP contribution in [0.2, 0.25) is 0 Å². The first-order valence-corrected chi connectivity index (χ1v) is 16.4. The highest BCUT2D eigenvalue weighted by molar-refractivity contribution is 7.92. The fourth-order valence-electron chi connectivity index (χ4n) is 5.39. The van der Waals surface area contributed by atoms with E-state index in [0.29, 0.717) is 43.5 Å². The van der Waals surface area contributed by atoms with E-state index < -0.39 is 27.6 Å². The largest absolute Gasteiger partial charge is 0.443 e. The number of nitrogens with zero attached hydrogens (tertiary/aromatic N) is 4. The molecule has 2 aromatic carbocycles. The van der Waals surface area contributed by atoms with Gasteiger partial charge in [-0.3, -0.25) is 23.9 Å². The normalized spacial score (nSPS) is 14.2. The van der Waals surface area contributed by atoms with Gasteiger partial charge in [-0.05, 0) is 82.1 Å². The molecule has 236 valence electrons. The van der Waals surface area contributed by atoms with Gasteiger partial charge < -0.3 is 19.9 Å². The number of aromatic nitrogens is 2. The lowest BCUT2D eigenvalue weighted by atomic mass is 10.0. The molecule has 3 heterocycles. The van der Waals surface area contributed by atoms with Gasteiger partial charge in [-0.15, -0.1) is 0 Å². The molecule has 13 heteroatoms. The molecule has 2 N–H and O–H groups in total. The minimum Gasteiger partial charge on any atom is -0.443 e. The topological polar surface area (TPSA) is 143 Å². The molecule has 2 amide bonds. The molecular formula is C32H36N6O6S. The zero-order valence-electron chi connectivity index (χ0n) is 25.6. The highest BCUT2D eigenvalue weighted by atomic mass is 32.2. The molecule has 0 radical (unpaired) electrons. The van der Waals surface area contributed by atoms with E-state index in [9.17, 15) is 22.8 Å². The van der Waals surface area contributed by atoms with Gasteiger partial charge in [0.15, 0.2) is 0 Å². The predicted molar refractivity (Wildman–Crippen MR) is 174 cm³/mol. The van der Waals surface area contributed by atoms with Crippen LogP contribution in [0.25, 0.3) is 10.9 Å². The highest BCUT2D eigenvalue weighted by Gasteiger charge is 2.28. The summed E-state index contributed by atoms with van der Waals surface area (Å²) in [7, 11) is -3.62. The number of nitrogens with one attached hydrogen (secondary N) is 2. The third-order valence-electron chi connectivity index (χ3n) is 7.36. The predicted octanol–water partition coefficient (Wildman–Crippen LogP) is 5.08. The number of carbonyl (C=O) groups excluding carboxylic acids is 3. The molecule has 12 nitrogen and oxygen atoms in total. The summed E-state index contributed by atoms with van der Waals surface area (Å²) in [6, 6.07) is 15.0. The second kappa shape index (κ2) is 12.6. The van der Waals surface area contributed by atoms with Gasteiger partial charge in [-0.2, -0.15) is 0 Å². The number of benzene rings is 2. The number of amides is 2. The summed E-state index contributed by atoms with van der Waals surface area (Å²) in [5.41, 5.74) is 2.00. The number of fused-ring (bicyclic) bond motifs is 1. The summed E-state index contributed by atoms with van der Waals surface area (Å²) >= 11 is 0. The van der Waals surface area contributed by atoms with E-state index in [0.717, 1.165) is 17.3 Å². The summed E-state index contributed by atoms with van der Waals surface area (Å²) < 4.78 is 33.3. The quantitative estimate of drug-likeness (QED) is 0.256. The maximum atomic E-state index is 13.7. The minimum atomic E-state index is -3.62. The van der Waals surface area contributed by atoms with Gasteiger partial charge in [0.2, 0.25) is 16.4 Å². The Kier molecular flexibility index (Phi) is 8.82. The number of anilines is 4. The van der Waals surface area contributed by atoms with Gasteiger partial charge in [0.1, 0.15) is 5.60 Å². The van der Waals surface area contributed by atoms with Crippen LogP contribution in [0.4, 0.5) is 27.5 Å². The molecule has 0 unspecified atom stereocenters. The van der Waals surface area contributed by atoms with E-state index in [1.54, 1.807) is 63.6 Å². The van der Waals surface area contributed by atoms with Gasteiger partial charge in [-0.1, -0.05) is 6.07 Å². The summed E-state index contributed by atoms with van der Waals surface area (Å²) in [6.45, 7) is 6.70. The lowest BCUT2D eigenvalue weighted by molar-refractivity contribution is -0.108. The lowest BCUT2D eigenvalue weighted by Gasteiger charge is -2.38. The van der Waals surface area contributed by atoms with Crippen LogP contribution >= 0.6 is 0 Å². The van der Waals surface area contributed by atoms with E-state index in [1.165, 1.54) is 27.7 Å². The fraction of sp³-hybridized carbons (Fsp3) is 0.312. The van der Waals surface area contributed by atoms with Crippen molar-refractivity contribution in [3.63, 3.8) is 0 Å². The van der Waals surface area contributed by atoms with Crippen molar-refractivity contribution in [2.75, 3.05) is 39.2 Å². The average molecular weight is 633 g/mol. The van der Waals surface area contributed by atoms with Crippen LogP contribution in [0.5, 0.6) is 0 Å². The Bertz CT molecular complexity index is 1830. The number of hydrogen-bond acceptors (Lipinski definition) is 8. The molecule has 4 aromatic rings. The first kappa shape index (κ1) is 31.5. The van der Waals surface area contributed by atoms with Crippen molar-refractivity contribution in [2.24, 2.45) is 0 Å². The van der Waals surface area contributed by atoms with Gasteiger partial charge in [0.05, 0.1) is 28.7 Å². The Morgan fingerprint density at radius 1 is 1.00 bits per heavy atom. The zero-order valence-corrected chi connectivity index (χ0v) is 26.4. The minimum absolute atomic E-state index is 0.181. The molecule has 1 aliphatic heterocycles. The first-order valence-electron chi connectivity index (χ1n) is 14.5. The number of piperidine rings is 1. The van der Waals surface area contributed by atoms with Crippen LogP contribution in [-0.2, 0) is 19.6 Å². The van der Waals surface area contributed by atoms with E-state index >= 15 is 0 Å². The number of hydrogen-bond donors (Lipinski definition) is 2. The second-order valence-electron chi connectivity index (χ2n) is 11.9. The Balaban J connectivity index is 1.43. The van der Waals surface area contributed by atoms with Crippen LogP contribution in [-0.4, -0.2) is 67.4 Å². The third kappa shape index (κ3) is 7.60. The fourth-order valence-corrected chi connectivity index (χ4v) is 5.94. The number of ether oxygens (including phenoxy) is 1. The van der Waals surface area contributed by atoms with Crippen molar-refractivity contribution >= 4 is 62.1 Å². The van der Waals surface area contributed by atoms with Gasteiger partial charge in [0, 0.05) is 54.5 Å². The standard InChI is InChI=1S/C32H36N6O6S/c1-32(2,3)44-31(41)37-18-11-22-5-6-23(19-28(22)37)34-30(40)27-8-7-24(35-45(4,42)43)20-29(27)38(21-39)26-12-16-36(17-13-26)25-9-14-33-15-10-25/h5-11,14-15,18-21,26,35H,12-13,16-17H2,1-4H3,(H,34,40). The van der Waals surface area contributed by atoms with Crippen LogP contribution in [0, 0.1) is 0 Å². The zero-order chi connectivity index (χ0) is 32.4.